The summed E-state index contributed by atoms with van der Waals surface area (Å²) in [7, 11) is 1.69. The number of hydrogen-bond acceptors (Lipinski definition) is 3. The number of nitrogens with one attached hydrogen (secondary N) is 1. The molecule has 0 aromatic carbocycles. The average molecular weight is 202 g/mol. The van der Waals surface area contributed by atoms with Crippen LogP contribution < -0.4 is 5.32 Å². The number of carbonyl (C=O) groups is 1. The number of nitrogens with zero attached hydrogens (tertiary/aromatic N) is 1. The summed E-state index contributed by atoms with van der Waals surface area (Å²) < 4.78 is 0. The molecule has 1 rings (SSSR count). The summed E-state index contributed by atoms with van der Waals surface area (Å²) in [6, 6.07) is 1.04. The van der Waals surface area contributed by atoms with Crippen LogP contribution in [0.3, 0.4) is 0 Å². The van der Waals surface area contributed by atoms with E-state index in [1.54, 1.807) is 7.05 Å². The molecule has 0 spiro atoms. The van der Waals surface area contributed by atoms with E-state index in [1.807, 2.05) is 11.8 Å². The largest absolute Gasteiger partial charge is 0.358 e. The normalized spacial score (nSPS) is 30.1. The van der Waals surface area contributed by atoms with Crippen molar-refractivity contribution in [2.45, 2.75) is 25.9 Å². The van der Waals surface area contributed by atoms with Crippen LogP contribution in [-0.4, -0.2) is 48.0 Å². The maximum absolute atomic E-state index is 11.2. The Hall–Kier alpha value is -0.220. The van der Waals surface area contributed by atoms with Crippen LogP contribution in [-0.2, 0) is 4.79 Å². The third kappa shape index (κ3) is 2.88. The molecule has 13 heavy (non-hydrogen) atoms. The van der Waals surface area contributed by atoms with Crippen molar-refractivity contribution in [3.8, 4) is 0 Å². The maximum Gasteiger partial charge on any atom is 0.233 e. The van der Waals surface area contributed by atoms with E-state index in [0.29, 0.717) is 18.6 Å². The highest BCUT2D eigenvalue weighted by molar-refractivity contribution is 7.99. The molecule has 4 heteroatoms. The van der Waals surface area contributed by atoms with Gasteiger partial charge in [0, 0.05) is 30.6 Å². The van der Waals surface area contributed by atoms with Gasteiger partial charge < -0.3 is 5.32 Å². The van der Waals surface area contributed by atoms with Crippen molar-refractivity contribution in [2.24, 2.45) is 0 Å². The highest BCUT2D eigenvalue weighted by Crippen LogP contribution is 2.20. The van der Waals surface area contributed by atoms with Crippen molar-refractivity contribution in [2.75, 3.05) is 25.1 Å². The molecule has 0 saturated carbocycles. The Kier molecular flexibility index (Phi) is 4.06. The van der Waals surface area contributed by atoms with Crippen molar-refractivity contribution in [3.63, 3.8) is 0 Å². The number of carbonyl (C=O) groups excluding carboxylic acids is 1. The molecule has 1 amide bonds. The second-order valence-corrected chi connectivity index (χ2v) is 4.66. The Bertz CT molecular complexity index is 176. The summed E-state index contributed by atoms with van der Waals surface area (Å²) >= 11 is 1.98. The summed E-state index contributed by atoms with van der Waals surface area (Å²) in [5, 5.41) is 2.67. The highest BCUT2D eigenvalue weighted by atomic mass is 32.2. The van der Waals surface area contributed by atoms with Gasteiger partial charge in [-0.25, -0.2) is 0 Å². The second-order valence-electron chi connectivity index (χ2n) is 3.58. The highest BCUT2D eigenvalue weighted by Gasteiger charge is 2.26. The van der Waals surface area contributed by atoms with Crippen molar-refractivity contribution in [1.82, 2.24) is 10.2 Å². The molecule has 1 aliphatic rings. The van der Waals surface area contributed by atoms with Gasteiger partial charge in [-0.15, -0.1) is 0 Å². The van der Waals surface area contributed by atoms with E-state index in [-0.39, 0.29) is 5.91 Å². The predicted molar refractivity (Wildman–Crippen MR) is 57.0 cm³/mol. The predicted octanol–water partition coefficient (Wildman–Crippen LogP) is 0.558. The van der Waals surface area contributed by atoms with Crippen molar-refractivity contribution < 1.29 is 4.79 Å². The molecule has 1 fully saturated rings. The smallest absolute Gasteiger partial charge is 0.233 e. The van der Waals surface area contributed by atoms with Crippen LogP contribution in [0.2, 0.25) is 0 Å². The van der Waals surface area contributed by atoms with Crippen LogP contribution in [0.5, 0.6) is 0 Å². The molecule has 0 bridgehead atoms. The first-order valence-electron chi connectivity index (χ1n) is 4.69. The van der Waals surface area contributed by atoms with E-state index < -0.39 is 0 Å². The minimum Gasteiger partial charge on any atom is -0.358 e. The topological polar surface area (TPSA) is 32.3 Å². The second kappa shape index (κ2) is 4.86. The van der Waals surface area contributed by atoms with Gasteiger partial charge in [0.1, 0.15) is 0 Å². The van der Waals surface area contributed by atoms with Gasteiger partial charge in [-0.1, -0.05) is 0 Å². The molecule has 0 aliphatic carbocycles. The van der Waals surface area contributed by atoms with Gasteiger partial charge >= 0.3 is 0 Å². The minimum absolute atomic E-state index is 0.116. The van der Waals surface area contributed by atoms with E-state index in [1.165, 1.54) is 0 Å². The van der Waals surface area contributed by atoms with E-state index in [9.17, 15) is 4.79 Å². The van der Waals surface area contributed by atoms with Gasteiger partial charge in [0.2, 0.25) is 5.91 Å². The fourth-order valence-corrected chi connectivity index (χ4v) is 2.79. The van der Waals surface area contributed by atoms with Crippen LogP contribution in [0.15, 0.2) is 0 Å². The molecular weight excluding hydrogens is 184 g/mol. The Morgan fingerprint density at radius 1 is 1.46 bits per heavy atom. The summed E-state index contributed by atoms with van der Waals surface area (Å²) in [6.07, 6.45) is 0. The molecule has 0 aromatic heterocycles. The van der Waals surface area contributed by atoms with E-state index in [4.69, 9.17) is 0 Å². The molecule has 3 nitrogen and oxygen atoms in total. The molecule has 0 aromatic rings. The zero-order valence-corrected chi connectivity index (χ0v) is 9.36. The minimum atomic E-state index is 0.116. The molecule has 0 radical (unpaired) electrons. The standard InChI is InChI=1S/C9H18N2OS/c1-7-5-13-6-8(2)11(7)4-9(12)10-3/h7-8H,4-6H2,1-3H3,(H,10,12). The van der Waals surface area contributed by atoms with E-state index in [2.05, 4.69) is 24.1 Å². The third-order valence-corrected chi connectivity index (χ3v) is 3.89. The SMILES string of the molecule is CNC(=O)CN1C(C)CSCC1C. The zero-order chi connectivity index (χ0) is 9.84. The number of thioether (sulfide) groups is 1. The van der Waals surface area contributed by atoms with Crippen LogP contribution in [0.4, 0.5) is 0 Å². The molecule has 2 atom stereocenters. The molecule has 1 aliphatic heterocycles. The monoisotopic (exact) mass is 202 g/mol. The summed E-state index contributed by atoms with van der Waals surface area (Å²) in [4.78, 5) is 13.5. The summed E-state index contributed by atoms with van der Waals surface area (Å²) in [5.41, 5.74) is 0. The van der Waals surface area contributed by atoms with E-state index in [0.717, 1.165) is 11.5 Å². The first-order chi connectivity index (χ1) is 6.15. The van der Waals surface area contributed by atoms with Gasteiger partial charge in [-0.2, -0.15) is 11.8 Å². The maximum atomic E-state index is 11.2. The molecular formula is C9H18N2OS. The third-order valence-electron chi connectivity index (χ3n) is 2.46. The fraction of sp³-hybridized carbons (Fsp3) is 0.889. The number of amides is 1. The Balaban J connectivity index is 2.48. The van der Waals surface area contributed by atoms with Crippen LogP contribution in [0.25, 0.3) is 0 Å². The average Bonchev–Trinajstić information content (AvgIpc) is 2.11. The van der Waals surface area contributed by atoms with Gasteiger partial charge in [0.25, 0.3) is 0 Å². The number of hydrogen-bond donors (Lipinski definition) is 1. The fourth-order valence-electron chi connectivity index (χ4n) is 1.59. The Morgan fingerprint density at radius 2 is 2.00 bits per heavy atom. The summed E-state index contributed by atoms with van der Waals surface area (Å²) in [5.74, 6) is 2.40. The van der Waals surface area contributed by atoms with Gasteiger partial charge in [0.15, 0.2) is 0 Å². The van der Waals surface area contributed by atoms with Crippen molar-refractivity contribution in [3.05, 3.63) is 0 Å². The van der Waals surface area contributed by atoms with Gasteiger partial charge in [-0.3, -0.25) is 9.69 Å². The van der Waals surface area contributed by atoms with Crippen molar-refractivity contribution >= 4 is 17.7 Å². The lowest BCUT2D eigenvalue weighted by Crippen LogP contribution is -2.50. The lowest BCUT2D eigenvalue weighted by Gasteiger charge is -2.37. The Morgan fingerprint density at radius 3 is 2.46 bits per heavy atom. The quantitative estimate of drug-likeness (QED) is 0.710. The molecule has 1 N–H and O–H groups in total. The van der Waals surface area contributed by atoms with Gasteiger partial charge in [0.05, 0.1) is 6.54 Å². The number of likely N-dealkylation sites (N-methyl/N-ethyl adjacent to an activating group) is 1. The first-order valence-corrected chi connectivity index (χ1v) is 5.84. The molecule has 1 heterocycles. The molecule has 76 valence electrons. The molecule has 2 unspecified atom stereocenters. The summed E-state index contributed by atoms with van der Waals surface area (Å²) in [6.45, 7) is 4.91. The van der Waals surface area contributed by atoms with Gasteiger partial charge in [-0.05, 0) is 13.8 Å². The number of rotatable bonds is 2. The zero-order valence-electron chi connectivity index (χ0n) is 8.54. The van der Waals surface area contributed by atoms with Crippen molar-refractivity contribution in [1.29, 1.82) is 0 Å². The lowest BCUT2D eigenvalue weighted by molar-refractivity contribution is -0.122. The van der Waals surface area contributed by atoms with Crippen LogP contribution in [0, 0.1) is 0 Å². The molecule has 1 saturated heterocycles. The Labute approximate surface area is 84.2 Å². The van der Waals surface area contributed by atoms with E-state index >= 15 is 0 Å². The van der Waals surface area contributed by atoms with Crippen LogP contribution in [0.1, 0.15) is 13.8 Å². The first kappa shape index (κ1) is 10.9. The van der Waals surface area contributed by atoms with Crippen LogP contribution >= 0.6 is 11.8 Å². The lowest BCUT2D eigenvalue weighted by atomic mass is 10.2.